The van der Waals surface area contributed by atoms with Crippen molar-refractivity contribution < 1.29 is 9.47 Å². The highest BCUT2D eigenvalue weighted by atomic mass is 16.6. The highest BCUT2D eigenvalue weighted by molar-refractivity contribution is 5.45. The first-order chi connectivity index (χ1) is 11.4. The summed E-state index contributed by atoms with van der Waals surface area (Å²) in [6, 6.07) is 7.76. The van der Waals surface area contributed by atoms with Crippen molar-refractivity contribution in [3.8, 4) is 17.3 Å². The molecule has 23 heavy (non-hydrogen) atoms. The SMILES string of the molecule is c1cnn(-c2cncc(NCc3ccc4c(c3)OCCO4)n2)c1. The molecule has 0 atom stereocenters. The molecule has 0 unspecified atom stereocenters. The molecule has 1 aliphatic rings. The number of fused-ring (bicyclic) bond motifs is 1. The molecular formula is C16H15N5O2. The molecule has 116 valence electrons. The number of aromatic nitrogens is 4. The van der Waals surface area contributed by atoms with E-state index in [4.69, 9.17) is 9.47 Å². The quantitative estimate of drug-likeness (QED) is 0.795. The van der Waals surface area contributed by atoms with Crippen LogP contribution in [0, 0.1) is 0 Å². The molecule has 0 saturated carbocycles. The number of benzene rings is 1. The highest BCUT2D eigenvalue weighted by Gasteiger charge is 2.11. The number of nitrogens with one attached hydrogen (secondary N) is 1. The lowest BCUT2D eigenvalue weighted by Crippen LogP contribution is -2.15. The molecule has 1 aromatic carbocycles. The van der Waals surface area contributed by atoms with Crippen molar-refractivity contribution in [2.45, 2.75) is 6.54 Å². The van der Waals surface area contributed by atoms with Gasteiger partial charge in [-0.05, 0) is 23.8 Å². The minimum absolute atomic E-state index is 0.585. The van der Waals surface area contributed by atoms with E-state index < -0.39 is 0 Å². The van der Waals surface area contributed by atoms with Crippen molar-refractivity contribution >= 4 is 5.82 Å². The predicted molar refractivity (Wildman–Crippen MR) is 83.9 cm³/mol. The maximum Gasteiger partial charge on any atom is 0.173 e. The van der Waals surface area contributed by atoms with Crippen LogP contribution in [0.2, 0.25) is 0 Å². The molecule has 0 spiro atoms. The summed E-state index contributed by atoms with van der Waals surface area (Å²) >= 11 is 0. The number of anilines is 1. The van der Waals surface area contributed by atoms with Gasteiger partial charge in [0, 0.05) is 18.9 Å². The average molecular weight is 309 g/mol. The van der Waals surface area contributed by atoms with Crippen LogP contribution in [0.15, 0.2) is 49.1 Å². The third-order valence-electron chi connectivity index (χ3n) is 3.44. The van der Waals surface area contributed by atoms with Gasteiger partial charge in [0.1, 0.15) is 19.0 Å². The number of nitrogens with zero attached hydrogens (tertiary/aromatic N) is 4. The lowest BCUT2D eigenvalue weighted by Gasteiger charge is -2.19. The van der Waals surface area contributed by atoms with Crippen molar-refractivity contribution in [3.63, 3.8) is 0 Å². The average Bonchev–Trinajstić information content (AvgIpc) is 3.15. The second-order valence-electron chi connectivity index (χ2n) is 5.04. The molecule has 3 heterocycles. The second kappa shape index (κ2) is 5.96. The maximum atomic E-state index is 5.59. The molecule has 1 aliphatic heterocycles. The minimum Gasteiger partial charge on any atom is -0.486 e. The van der Waals surface area contributed by atoms with Crippen molar-refractivity contribution in [2.75, 3.05) is 18.5 Å². The molecule has 1 N–H and O–H groups in total. The summed E-state index contributed by atoms with van der Waals surface area (Å²) in [5.41, 5.74) is 1.08. The largest absolute Gasteiger partial charge is 0.486 e. The number of hydrogen-bond acceptors (Lipinski definition) is 6. The Balaban J connectivity index is 1.48. The Morgan fingerprint density at radius 1 is 1.13 bits per heavy atom. The summed E-state index contributed by atoms with van der Waals surface area (Å²) in [5, 5.41) is 7.41. The van der Waals surface area contributed by atoms with Crippen molar-refractivity contribution in [1.29, 1.82) is 0 Å². The molecule has 0 radical (unpaired) electrons. The minimum atomic E-state index is 0.585. The normalized spacial score (nSPS) is 12.9. The van der Waals surface area contributed by atoms with Gasteiger partial charge in [-0.1, -0.05) is 6.07 Å². The first-order valence-corrected chi connectivity index (χ1v) is 7.33. The molecule has 0 amide bonds. The van der Waals surface area contributed by atoms with Crippen molar-refractivity contribution in [1.82, 2.24) is 19.7 Å². The molecular weight excluding hydrogens is 294 g/mol. The van der Waals surface area contributed by atoms with Crippen LogP contribution < -0.4 is 14.8 Å². The van der Waals surface area contributed by atoms with Crippen LogP contribution in [-0.2, 0) is 6.54 Å². The monoisotopic (exact) mass is 309 g/mol. The molecule has 0 aliphatic carbocycles. The predicted octanol–water partition coefficient (Wildman–Crippen LogP) is 2.05. The zero-order chi connectivity index (χ0) is 15.5. The fourth-order valence-electron chi connectivity index (χ4n) is 2.35. The zero-order valence-corrected chi connectivity index (χ0v) is 12.3. The van der Waals surface area contributed by atoms with E-state index in [1.807, 2.05) is 30.5 Å². The van der Waals surface area contributed by atoms with Gasteiger partial charge in [0.25, 0.3) is 0 Å². The Labute approximate surface area is 132 Å². The summed E-state index contributed by atoms with van der Waals surface area (Å²) < 4.78 is 12.8. The molecule has 0 saturated heterocycles. The van der Waals surface area contributed by atoms with E-state index in [0.29, 0.717) is 31.4 Å². The maximum absolute atomic E-state index is 5.59. The van der Waals surface area contributed by atoms with Crippen molar-refractivity contribution in [3.05, 3.63) is 54.6 Å². The van der Waals surface area contributed by atoms with Gasteiger partial charge in [-0.15, -0.1) is 0 Å². The van der Waals surface area contributed by atoms with Gasteiger partial charge in [0.05, 0.1) is 12.4 Å². The smallest absolute Gasteiger partial charge is 0.173 e. The zero-order valence-electron chi connectivity index (χ0n) is 12.3. The van der Waals surface area contributed by atoms with E-state index in [-0.39, 0.29) is 0 Å². The number of ether oxygens (including phenoxy) is 2. The summed E-state index contributed by atoms with van der Waals surface area (Å²) in [6.07, 6.45) is 6.89. The number of rotatable bonds is 4. The summed E-state index contributed by atoms with van der Waals surface area (Å²) in [5.74, 6) is 2.93. The van der Waals surface area contributed by atoms with E-state index in [1.54, 1.807) is 23.3 Å². The van der Waals surface area contributed by atoms with Gasteiger partial charge in [0.15, 0.2) is 17.3 Å². The Bertz CT molecular complexity index is 804. The lowest BCUT2D eigenvalue weighted by molar-refractivity contribution is 0.171. The summed E-state index contributed by atoms with van der Waals surface area (Å²) in [4.78, 5) is 8.68. The molecule has 0 fully saturated rings. The van der Waals surface area contributed by atoms with E-state index in [9.17, 15) is 0 Å². The number of hydrogen-bond donors (Lipinski definition) is 1. The Hall–Kier alpha value is -3.09. The fourth-order valence-corrected chi connectivity index (χ4v) is 2.35. The topological polar surface area (TPSA) is 74.1 Å². The Morgan fingerprint density at radius 3 is 2.91 bits per heavy atom. The molecule has 7 nitrogen and oxygen atoms in total. The van der Waals surface area contributed by atoms with Crippen LogP contribution in [0.1, 0.15) is 5.56 Å². The second-order valence-corrected chi connectivity index (χ2v) is 5.04. The molecule has 3 aromatic rings. The Morgan fingerprint density at radius 2 is 2.04 bits per heavy atom. The standard InChI is InChI=1S/C16H15N5O2/c1-4-19-21(5-1)16-11-17-10-15(20-16)18-9-12-2-3-13-14(8-12)23-7-6-22-13/h1-5,8,10-11H,6-7,9H2,(H,18,20). The highest BCUT2D eigenvalue weighted by Crippen LogP contribution is 2.30. The fraction of sp³-hybridized carbons (Fsp3) is 0.188. The first-order valence-electron chi connectivity index (χ1n) is 7.33. The van der Waals surface area contributed by atoms with Gasteiger partial charge in [-0.25, -0.2) is 9.67 Å². The van der Waals surface area contributed by atoms with E-state index in [2.05, 4.69) is 20.4 Å². The van der Waals surface area contributed by atoms with Crippen LogP contribution in [0.3, 0.4) is 0 Å². The molecule has 0 bridgehead atoms. The first kappa shape index (κ1) is 13.6. The molecule has 2 aromatic heterocycles. The van der Waals surface area contributed by atoms with Crippen LogP contribution in [0.4, 0.5) is 5.82 Å². The van der Waals surface area contributed by atoms with Gasteiger partial charge < -0.3 is 14.8 Å². The third-order valence-corrected chi connectivity index (χ3v) is 3.44. The Kier molecular flexibility index (Phi) is 3.51. The van der Waals surface area contributed by atoms with Gasteiger partial charge in [-0.2, -0.15) is 5.10 Å². The van der Waals surface area contributed by atoms with E-state index >= 15 is 0 Å². The van der Waals surface area contributed by atoms with Crippen LogP contribution in [0.5, 0.6) is 11.5 Å². The molecule has 7 heteroatoms. The lowest BCUT2D eigenvalue weighted by atomic mass is 10.2. The third kappa shape index (κ3) is 2.94. The van der Waals surface area contributed by atoms with E-state index in [0.717, 1.165) is 17.1 Å². The van der Waals surface area contributed by atoms with Gasteiger partial charge in [0.2, 0.25) is 0 Å². The van der Waals surface area contributed by atoms with Gasteiger partial charge in [-0.3, -0.25) is 4.98 Å². The summed E-state index contributed by atoms with van der Waals surface area (Å²) in [6.45, 7) is 1.80. The van der Waals surface area contributed by atoms with Crippen LogP contribution in [-0.4, -0.2) is 33.0 Å². The van der Waals surface area contributed by atoms with Crippen LogP contribution >= 0.6 is 0 Å². The van der Waals surface area contributed by atoms with Crippen LogP contribution in [0.25, 0.3) is 5.82 Å². The van der Waals surface area contributed by atoms with Crippen molar-refractivity contribution in [2.24, 2.45) is 0 Å². The summed E-state index contributed by atoms with van der Waals surface area (Å²) in [7, 11) is 0. The molecule has 4 rings (SSSR count). The van der Waals surface area contributed by atoms with E-state index in [1.165, 1.54) is 0 Å². The van der Waals surface area contributed by atoms with Gasteiger partial charge >= 0.3 is 0 Å².